The molecule has 29 heavy (non-hydrogen) atoms. The maximum atomic E-state index is 12.8. The van der Waals surface area contributed by atoms with Crippen LogP contribution in [0.25, 0.3) is 0 Å². The van der Waals surface area contributed by atoms with Gasteiger partial charge in [0.15, 0.2) is 5.78 Å². The number of carbonyl (C=O) groups excluding carboxylic acids is 3. The summed E-state index contributed by atoms with van der Waals surface area (Å²) in [5, 5.41) is 11.9. The lowest BCUT2D eigenvalue weighted by Gasteiger charge is -2.08. The molecule has 1 amide bonds. The molecule has 0 saturated carbocycles. The number of amides is 1. The van der Waals surface area contributed by atoms with Gasteiger partial charge in [-0.1, -0.05) is 48.5 Å². The van der Waals surface area contributed by atoms with Crippen molar-refractivity contribution in [3.8, 4) is 6.07 Å². The Morgan fingerprint density at radius 1 is 1.00 bits per heavy atom. The number of rotatable bonds is 5. The Bertz CT molecular complexity index is 1140. The number of ketones is 1. The second-order valence-corrected chi connectivity index (χ2v) is 6.04. The molecule has 0 aliphatic heterocycles. The van der Waals surface area contributed by atoms with E-state index < -0.39 is 11.9 Å². The van der Waals surface area contributed by atoms with Gasteiger partial charge >= 0.3 is 5.97 Å². The summed E-state index contributed by atoms with van der Waals surface area (Å²) in [6.07, 6.45) is 0. The van der Waals surface area contributed by atoms with Gasteiger partial charge in [0.25, 0.3) is 5.91 Å². The number of nitriles is 1. The molecule has 1 aromatic heterocycles. The van der Waals surface area contributed by atoms with E-state index in [2.05, 4.69) is 10.1 Å². The number of aryl methyl sites for hydroxylation is 1. The predicted octanol–water partition coefficient (Wildman–Crippen LogP) is 3.73. The highest BCUT2D eigenvalue weighted by Crippen LogP contribution is 2.28. The van der Waals surface area contributed by atoms with Crippen molar-refractivity contribution < 1.29 is 23.5 Å². The number of ether oxygens (including phenoxy) is 1. The molecule has 144 valence electrons. The van der Waals surface area contributed by atoms with E-state index in [1.165, 1.54) is 20.1 Å². The second kappa shape index (κ2) is 8.23. The molecule has 1 N–H and O–H groups in total. The van der Waals surface area contributed by atoms with Crippen molar-refractivity contribution in [2.24, 2.45) is 0 Å². The van der Waals surface area contributed by atoms with Crippen molar-refractivity contribution in [3.05, 3.63) is 88.2 Å². The monoisotopic (exact) mass is 388 g/mol. The molecule has 3 rings (SSSR count). The molecular weight excluding hydrogens is 372 g/mol. The highest BCUT2D eigenvalue weighted by atomic mass is 16.5. The van der Waals surface area contributed by atoms with Crippen LogP contribution in [0.3, 0.4) is 0 Å². The van der Waals surface area contributed by atoms with Gasteiger partial charge in [-0.2, -0.15) is 5.26 Å². The van der Waals surface area contributed by atoms with Gasteiger partial charge in [-0.3, -0.25) is 14.9 Å². The largest absolute Gasteiger partial charge is 0.465 e. The fraction of sp³-hybridized carbons (Fsp3) is 0.0909. The van der Waals surface area contributed by atoms with E-state index in [0.29, 0.717) is 5.56 Å². The number of nitrogens with zero attached hydrogens (tertiary/aromatic N) is 1. The predicted molar refractivity (Wildman–Crippen MR) is 104 cm³/mol. The molecule has 1 heterocycles. The number of hydrogen-bond donors (Lipinski definition) is 1. The maximum absolute atomic E-state index is 12.8. The number of methoxy groups -OCH3 is 1. The van der Waals surface area contributed by atoms with Crippen LogP contribution in [0.15, 0.2) is 59.0 Å². The minimum absolute atomic E-state index is 0.0565. The molecule has 0 bridgehead atoms. The van der Waals surface area contributed by atoms with Crippen LogP contribution in [0.5, 0.6) is 0 Å². The normalized spacial score (nSPS) is 10.1. The van der Waals surface area contributed by atoms with E-state index in [-0.39, 0.29) is 39.7 Å². The van der Waals surface area contributed by atoms with Crippen molar-refractivity contribution >= 4 is 23.5 Å². The van der Waals surface area contributed by atoms with E-state index >= 15 is 0 Å². The van der Waals surface area contributed by atoms with Crippen LogP contribution in [-0.4, -0.2) is 24.8 Å². The lowest BCUT2D eigenvalue weighted by Crippen LogP contribution is -2.17. The summed E-state index contributed by atoms with van der Waals surface area (Å²) in [6.45, 7) is 1.48. The molecule has 0 aliphatic carbocycles. The van der Waals surface area contributed by atoms with Gasteiger partial charge in [0, 0.05) is 11.1 Å². The number of benzene rings is 2. The van der Waals surface area contributed by atoms with Gasteiger partial charge in [0.1, 0.15) is 23.0 Å². The summed E-state index contributed by atoms with van der Waals surface area (Å²) >= 11 is 0. The first-order valence-corrected chi connectivity index (χ1v) is 8.59. The number of nitrogens with one attached hydrogen (secondary N) is 1. The number of carbonyl (C=O) groups is 3. The van der Waals surface area contributed by atoms with Crippen LogP contribution in [0.4, 0.5) is 5.88 Å². The number of furan rings is 1. The van der Waals surface area contributed by atoms with Crippen LogP contribution in [-0.2, 0) is 4.74 Å². The van der Waals surface area contributed by atoms with E-state index in [1.807, 2.05) is 6.07 Å². The Hall–Kier alpha value is -4.18. The molecule has 3 aromatic rings. The van der Waals surface area contributed by atoms with Crippen LogP contribution >= 0.6 is 0 Å². The third-order valence-electron chi connectivity index (χ3n) is 4.26. The Morgan fingerprint density at radius 3 is 2.24 bits per heavy atom. The first-order chi connectivity index (χ1) is 14.0. The molecule has 0 spiro atoms. The zero-order chi connectivity index (χ0) is 21.0. The second-order valence-electron chi connectivity index (χ2n) is 6.04. The van der Waals surface area contributed by atoms with E-state index in [0.717, 1.165) is 0 Å². The number of anilines is 1. The summed E-state index contributed by atoms with van der Waals surface area (Å²) in [7, 11) is 1.18. The van der Waals surface area contributed by atoms with E-state index in [9.17, 15) is 19.6 Å². The molecule has 0 atom stereocenters. The van der Waals surface area contributed by atoms with Crippen LogP contribution < -0.4 is 5.32 Å². The molecular formula is C22H16N2O5. The van der Waals surface area contributed by atoms with Crippen molar-refractivity contribution in [1.29, 1.82) is 5.26 Å². The average Bonchev–Trinajstić information content (AvgIpc) is 3.07. The summed E-state index contributed by atoms with van der Waals surface area (Å²) < 4.78 is 10.1. The zero-order valence-electron chi connectivity index (χ0n) is 15.7. The van der Waals surface area contributed by atoms with Gasteiger partial charge in [-0.15, -0.1) is 0 Å². The number of esters is 1. The van der Waals surface area contributed by atoms with Gasteiger partial charge in [-0.25, -0.2) is 4.79 Å². The topological polar surface area (TPSA) is 109 Å². The van der Waals surface area contributed by atoms with Gasteiger partial charge in [-0.05, 0) is 13.0 Å². The van der Waals surface area contributed by atoms with Gasteiger partial charge in [0.2, 0.25) is 5.88 Å². The zero-order valence-corrected chi connectivity index (χ0v) is 15.7. The molecule has 0 aliphatic rings. The molecule has 2 aromatic carbocycles. The molecule has 0 radical (unpaired) electrons. The molecule has 0 unspecified atom stereocenters. The first-order valence-electron chi connectivity index (χ1n) is 8.59. The Morgan fingerprint density at radius 2 is 1.62 bits per heavy atom. The van der Waals surface area contributed by atoms with Crippen LogP contribution in [0, 0.1) is 18.3 Å². The summed E-state index contributed by atoms with van der Waals surface area (Å²) in [5.41, 5.74) is 0.547. The highest BCUT2D eigenvalue weighted by Gasteiger charge is 2.26. The Balaban J connectivity index is 1.97. The molecule has 7 nitrogen and oxygen atoms in total. The Kier molecular flexibility index (Phi) is 5.56. The molecule has 0 fully saturated rings. The van der Waals surface area contributed by atoms with Crippen molar-refractivity contribution in [3.63, 3.8) is 0 Å². The molecule has 7 heteroatoms. The van der Waals surface area contributed by atoms with E-state index in [1.54, 1.807) is 48.5 Å². The quantitative estimate of drug-likeness (QED) is 0.527. The Labute approximate surface area is 166 Å². The van der Waals surface area contributed by atoms with Gasteiger partial charge in [0.05, 0.1) is 12.7 Å². The van der Waals surface area contributed by atoms with Crippen LogP contribution in [0.1, 0.15) is 48.0 Å². The smallest absolute Gasteiger partial charge is 0.342 e. The lowest BCUT2D eigenvalue weighted by molar-refractivity contribution is 0.0598. The minimum atomic E-state index is -0.747. The summed E-state index contributed by atoms with van der Waals surface area (Å²) in [5.74, 6) is -1.76. The van der Waals surface area contributed by atoms with Crippen molar-refractivity contribution in [2.45, 2.75) is 6.92 Å². The third-order valence-corrected chi connectivity index (χ3v) is 4.26. The maximum Gasteiger partial charge on any atom is 0.342 e. The minimum Gasteiger partial charge on any atom is -0.465 e. The summed E-state index contributed by atoms with van der Waals surface area (Å²) in [6, 6.07) is 16.7. The fourth-order valence-electron chi connectivity index (χ4n) is 2.88. The first kappa shape index (κ1) is 19.6. The van der Waals surface area contributed by atoms with Gasteiger partial charge < -0.3 is 9.15 Å². The van der Waals surface area contributed by atoms with Crippen LogP contribution in [0.2, 0.25) is 0 Å². The van der Waals surface area contributed by atoms with Crippen molar-refractivity contribution in [1.82, 2.24) is 0 Å². The standard InChI is InChI=1S/C22H16N2O5/c1-13-18(22(27)28-2)17(12-23)21(29-13)24-20(26)16-11-7-6-10-15(16)19(25)14-8-4-3-5-9-14/h3-11H,1-2H3,(H,24,26). The third kappa shape index (κ3) is 3.77. The summed E-state index contributed by atoms with van der Waals surface area (Å²) in [4.78, 5) is 37.6. The number of hydrogen-bond acceptors (Lipinski definition) is 6. The van der Waals surface area contributed by atoms with Crippen molar-refractivity contribution in [2.75, 3.05) is 12.4 Å². The highest BCUT2D eigenvalue weighted by molar-refractivity contribution is 6.17. The fourth-order valence-corrected chi connectivity index (χ4v) is 2.88. The molecule has 0 saturated heterocycles. The van der Waals surface area contributed by atoms with E-state index in [4.69, 9.17) is 4.42 Å². The lowest BCUT2D eigenvalue weighted by atomic mass is 9.98. The average molecular weight is 388 g/mol. The SMILES string of the molecule is COC(=O)c1c(C)oc(NC(=O)c2ccccc2C(=O)c2ccccc2)c1C#N.